The fraction of sp³-hybridized carbons (Fsp3) is 0.903. The Hall–Kier alpha value is -1.99. The second-order valence-electron chi connectivity index (χ2n) is 26.4. The molecule has 534 valence electrons. The Morgan fingerprint density at radius 2 is 0.703 bits per heavy atom. The summed E-state index contributed by atoms with van der Waals surface area (Å²) in [4.78, 5) is 13.4. The summed E-state index contributed by atoms with van der Waals surface area (Å²) < 4.78 is 34.4. The maximum absolute atomic E-state index is 13.4. The molecule has 0 aromatic carbocycles. The van der Waals surface area contributed by atoms with Crippen LogP contribution in [0.15, 0.2) is 36.5 Å². The van der Waals surface area contributed by atoms with Crippen LogP contribution in [0.4, 0.5) is 0 Å². The van der Waals surface area contributed by atoms with Gasteiger partial charge in [-0.05, 0) is 57.8 Å². The van der Waals surface area contributed by atoms with Crippen LogP contribution in [0.3, 0.4) is 0 Å². The van der Waals surface area contributed by atoms with E-state index < -0.39 is 124 Å². The van der Waals surface area contributed by atoms with E-state index in [1.165, 1.54) is 212 Å². The molecule has 3 aliphatic heterocycles. The zero-order valence-electron chi connectivity index (χ0n) is 56.6. The molecule has 3 rings (SSSR count). The summed E-state index contributed by atoms with van der Waals surface area (Å²) in [5, 5.41) is 121. The molecule has 0 saturated carbocycles. The van der Waals surface area contributed by atoms with E-state index in [2.05, 4.69) is 43.5 Å². The molecule has 91 heavy (non-hydrogen) atoms. The number of aliphatic hydroxyl groups is 11. The Balaban J connectivity index is 1.44. The summed E-state index contributed by atoms with van der Waals surface area (Å²) in [6.07, 6.45) is 36.9. The first-order valence-corrected chi connectivity index (χ1v) is 36.7. The number of unbranched alkanes of at least 4 members (excludes halogenated alkanes) is 37. The van der Waals surface area contributed by atoms with Crippen molar-refractivity contribution in [2.75, 3.05) is 26.4 Å². The number of carbonyl (C=O) groups excluding carboxylic acids is 1. The third-order valence-corrected chi connectivity index (χ3v) is 18.4. The SMILES string of the molecule is CCCCCCCCCC/C=C\CCCCCCCCCCCCCC(=O)NC(COC1OC(CO)C(OC2OC(CO)C(OC3OC(CO)C(O)C(O)C3O)C(O)C2O)C(O)C1O)C(O)/C=C/CC/C=C/CCCCCCCCCCCCCCCCCCC. The largest absolute Gasteiger partial charge is 0.394 e. The third kappa shape index (κ3) is 35.7. The molecule has 1 amide bonds. The number of aliphatic hydroxyl groups excluding tert-OH is 11. The van der Waals surface area contributed by atoms with Gasteiger partial charge in [0.05, 0.1) is 38.6 Å². The summed E-state index contributed by atoms with van der Waals surface area (Å²) in [5.74, 6) is -0.283. The highest BCUT2D eigenvalue weighted by atomic mass is 16.8. The van der Waals surface area contributed by atoms with E-state index in [9.17, 15) is 61.0 Å². The molecule has 19 heteroatoms. The quantitative estimate of drug-likeness (QED) is 0.0199. The van der Waals surface area contributed by atoms with Crippen molar-refractivity contribution in [2.24, 2.45) is 0 Å². The zero-order valence-corrected chi connectivity index (χ0v) is 56.6. The number of nitrogens with one attached hydrogen (secondary N) is 1. The van der Waals surface area contributed by atoms with Crippen molar-refractivity contribution in [3.05, 3.63) is 36.5 Å². The summed E-state index contributed by atoms with van der Waals surface area (Å²) in [7, 11) is 0. The molecule has 0 aromatic heterocycles. The number of amides is 1. The van der Waals surface area contributed by atoms with Crippen molar-refractivity contribution in [2.45, 2.75) is 388 Å². The molecule has 17 unspecified atom stereocenters. The average molecular weight is 1300 g/mol. The van der Waals surface area contributed by atoms with Crippen LogP contribution in [-0.2, 0) is 33.2 Å². The second-order valence-corrected chi connectivity index (χ2v) is 26.4. The van der Waals surface area contributed by atoms with Gasteiger partial charge in [-0.25, -0.2) is 0 Å². The maximum atomic E-state index is 13.4. The van der Waals surface area contributed by atoms with Gasteiger partial charge in [0.25, 0.3) is 0 Å². The normalized spacial score (nSPS) is 28.0. The van der Waals surface area contributed by atoms with Crippen LogP contribution in [0.1, 0.15) is 284 Å². The van der Waals surface area contributed by atoms with E-state index in [0.717, 1.165) is 38.5 Å². The molecule has 3 aliphatic rings. The van der Waals surface area contributed by atoms with Crippen LogP contribution >= 0.6 is 0 Å². The van der Waals surface area contributed by atoms with Crippen LogP contribution in [0.5, 0.6) is 0 Å². The van der Waals surface area contributed by atoms with E-state index >= 15 is 0 Å². The molecule has 17 atom stereocenters. The monoisotopic (exact) mass is 1300 g/mol. The molecule has 0 spiro atoms. The Kier molecular flexibility index (Phi) is 49.5. The van der Waals surface area contributed by atoms with Gasteiger partial charge in [-0.1, -0.05) is 256 Å². The van der Waals surface area contributed by atoms with E-state index in [1.54, 1.807) is 6.08 Å². The molecular formula is C72H133NO18. The van der Waals surface area contributed by atoms with Crippen LogP contribution in [0.2, 0.25) is 0 Å². The number of hydrogen-bond acceptors (Lipinski definition) is 18. The Morgan fingerprint density at radius 1 is 0.385 bits per heavy atom. The van der Waals surface area contributed by atoms with Crippen molar-refractivity contribution in [1.29, 1.82) is 0 Å². The highest BCUT2D eigenvalue weighted by molar-refractivity contribution is 5.76. The standard InChI is InChI=1S/C72H133NO18/c1-3-5-7-9-11-13-15-17-19-21-23-25-27-29-31-33-35-37-39-41-43-45-47-49-56(77)55(73-60(78)50-48-46-44-42-40-38-36-34-32-30-28-26-24-22-20-18-16-14-12-10-8-6-4-2)54-86-70-66(84)63(81)68(58(52-75)88-70)91-72-67(85)64(82)69(59(53-76)89-72)90-71-65(83)62(80)61(79)57(51-74)87-71/h22,24,39,41,47,49,55-59,61-72,74-77,79-85H,3-21,23,25-38,40,42-46,48,50-54H2,1-2H3,(H,73,78)/b24-22-,41-39+,49-47+. The van der Waals surface area contributed by atoms with Gasteiger partial charge in [-0.15, -0.1) is 0 Å². The van der Waals surface area contributed by atoms with Gasteiger partial charge in [-0.2, -0.15) is 0 Å². The molecule has 0 aliphatic carbocycles. The molecular weight excluding hydrogens is 1170 g/mol. The van der Waals surface area contributed by atoms with E-state index in [-0.39, 0.29) is 18.9 Å². The van der Waals surface area contributed by atoms with Crippen LogP contribution in [-0.4, -0.2) is 193 Å². The summed E-state index contributed by atoms with van der Waals surface area (Å²) in [6.45, 7) is 1.75. The fourth-order valence-electron chi connectivity index (χ4n) is 12.4. The number of rotatable bonds is 57. The molecule has 0 aromatic rings. The van der Waals surface area contributed by atoms with Gasteiger partial charge in [0.15, 0.2) is 18.9 Å². The predicted octanol–water partition coefficient (Wildman–Crippen LogP) is 10.4. The maximum Gasteiger partial charge on any atom is 0.220 e. The van der Waals surface area contributed by atoms with E-state index in [4.69, 9.17) is 28.4 Å². The lowest BCUT2D eigenvalue weighted by Gasteiger charge is -2.48. The Labute approximate surface area is 549 Å². The van der Waals surface area contributed by atoms with Crippen molar-refractivity contribution >= 4 is 5.91 Å². The van der Waals surface area contributed by atoms with E-state index in [1.807, 2.05) is 6.08 Å². The van der Waals surface area contributed by atoms with Crippen LogP contribution < -0.4 is 5.32 Å². The minimum absolute atomic E-state index is 0.236. The average Bonchev–Trinajstić information content (AvgIpc) is 0.883. The van der Waals surface area contributed by atoms with Crippen molar-refractivity contribution in [3.63, 3.8) is 0 Å². The minimum Gasteiger partial charge on any atom is -0.394 e. The third-order valence-electron chi connectivity index (χ3n) is 18.4. The van der Waals surface area contributed by atoms with E-state index in [0.29, 0.717) is 12.8 Å². The van der Waals surface area contributed by atoms with Crippen molar-refractivity contribution in [3.8, 4) is 0 Å². The van der Waals surface area contributed by atoms with Crippen LogP contribution in [0, 0.1) is 0 Å². The molecule has 12 N–H and O–H groups in total. The first-order valence-electron chi connectivity index (χ1n) is 36.7. The summed E-state index contributed by atoms with van der Waals surface area (Å²) >= 11 is 0. The van der Waals surface area contributed by atoms with Gasteiger partial charge < -0.3 is 89.9 Å². The Bertz CT molecular complexity index is 1790. The van der Waals surface area contributed by atoms with Gasteiger partial charge in [0.2, 0.25) is 5.91 Å². The summed E-state index contributed by atoms with van der Waals surface area (Å²) in [6, 6.07) is -0.990. The zero-order chi connectivity index (χ0) is 66.1. The van der Waals surface area contributed by atoms with Gasteiger partial charge >= 0.3 is 0 Å². The molecule has 3 saturated heterocycles. The Morgan fingerprint density at radius 3 is 1.10 bits per heavy atom. The summed E-state index contributed by atoms with van der Waals surface area (Å²) in [5.41, 5.74) is 0. The van der Waals surface area contributed by atoms with Crippen LogP contribution in [0.25, 0.3) is 0 Å². The smallest absolute Gasteiger partial charge is 0.220 e. The lowest BCUT2D eigenvalue weighted by atomic mass is 9.96. The topological polar surface area (TPSA) is 307 Å². The molecule has 19 nitrogen and oxygen atoms in total. The number of ether oxygens (including phenoxy) is 6. The van der Waals surface area contributed by atoms with Crippen molar-refractivity contribution in [1.82, 2.24) is 5.32 Å². The lowest BCUT2D eigenvalue weighted by molar-refractivity contribution is -0.379. The highest BCUT2D eigenvalue weighted by Gasteiger charge is 2.53. The van der Waals surface area contributed by atoms with Gasteiger partial charge in [0, 0.05) is 6.42 Å². The second kappa shape index (κ2) is 54.1. The predicted molar refractivity (Wildman–Crippen MR) is 356 cm³/mol. The van der Waals surface area contributed by atoms with Gasteiger partial charge in [0.1, 0.15) is 73.2 Å². The molecule has 3 heterocycles. The molecule has 0 bridgehead atoms. The molecule has 0 radical (unpaired) electrons. The first-order chi connectivity index (χ1) is 44.3. The number of carbonyl (C=O) groups is 1. The number of allylic oxidation sites excluding steroid dienone is 5. The lowest BCUT2D eigenvalue weighted by Crippen LogP contribution is -2.66. The molecule has 3 fully saturated rings. The minimum atomic E-state index is -1.98. The number of hydrogen-bond donors (Lipinski definition) is 12. The first kappa shape index (κ1) is 83.2. The highest BCUT2D eigenvalue weighted by Crippen LogP contribution is 2.33. The van der Waals surface area contributed by atoms with Gasteiger partial charge in [-0.3, -0.25) is 4.79 Å². The fourth-order valence-corrected chi connectivity index (χ4v) is 12.4. The van der Waals surface area contributed by atoms with Crippen molar-refractivity contribution < 1.29 is 89.4 Å².